The Bertz CT molecular complexity index is 1140. The number of aryl methyl sites for hydroxylation is 3. The zero-order valence-electron chi connectivity index (χ0n) is 19.0. The predicted octanol–water partition coefficient (Wildman–Crippen LogP) is 4.26. The van der Waals surface area contributed by atoms with Crippen LogP contribution in [-0.2, 0) is 20.0 Å². The molecule has 0 aliphatic rings. The van der Waals surface area contributed by atoms with Gasteiger partial charge in [0.25, 0.3) is 11.5 Å². The average Bonchev–Trinajstić information content (AvgIpc) is 3.11. The standard InChI is InChI=1S/C24H31FN4O2/c1-6-10-20-21(26-29-22(30)13-16(4)27(5)23(20)29)15-28(19(7-2)8-3)24(31)17-11-9-12-18(25)14-17/h9,11-14,19H,6-8,10,15H2,1-5H3. The highest BCUT2D eigenvalue weighted by Gasteiger charge is 2.26. The number of hydrogen-bond acceptors (Lipinski definition) is 3. The van der Waals surface area contributed by atoms with Crippen LogP contribution in [0.15, 0.2) is 35.1 Å². The van der Waals surface area contributed by atoms with Crippen LogP contribution < -0.4 is 5.56 Å². The molecule has 0 fully saturated rings. The van der Waals surface area contributed by atoms with Crippen LogP contribution in [-0.4, -0.2) is 31.0 Å². The van der Waals surface area contributed by atoms with E-state index in [9.17, 15) is 14.0 Å². The molecule has 0 saturated carbocycles. The number of rotatable bonds is 8. The second-order valence-electron chi connectivity index (χ2n) is 8.01. The molecule has 3 rings (SSSR count). The number of hydrogen-bond donors (Lipinski definition) is 0. The van der Waals surface area contributed by atoms with E-state index in [1.807, 2.05) is 32.4 Å². The number of fused-ring (bicyclic) bond motifs is 1. The van der Waals surface area contributed by atoms with Crippen LogP contribution in [0.1, 0.15) is 67.3 Å². The first kappa shape index (κ1) is 22.7. The fourth-order valence-corrected chi connectivity index (χ4v) is 4.17. The van der Waals surface area contributed by atoms with Crippen LogP contribution in [0.3, 0.4) is 0 Å². The summed E-state index contributed by atoms with van der Waals surface area (Å²) in [6, 6.07) is 7.34. The molecule has 1 amide bonds. The van der Waals surface area contributed by atoms with E-state index >= 15 is 0 Å². The lowest BCUT2D eigenvalue weighted by Crippen LogP contribution is -2.39. The van der Waals surface area contributed by atoms with E-state index in [2.05, 4.69) is 12.0 Å². The summed E-state index contributed by atoms with van der Waals surface area (Å²) in [5, 5.41) is 4.63. The van der Waals surface area contributed by atoms with Gasteiger partial charge in [0.2, 0.25) is 0 Å². The molecule has 3 aromatic rings. The van der Waals surface area contributed by atoms with E-state index in [0.717, 1.165) is 48.3 Å². The van der Waals surface area contributed by atoms with Crippen molar-refractivity contribution in [2.75, 3.05) is 0 Å². The Kier molecular flexibility index (Phi) is 6.93. The number of aromatic nitrogens is 3. The van der Waals surface area contributed by atoms with E-state index in [4.69, 9.17) is 0 Å². The van der Waals surface area contributed by atoms with Gasteiger partial charge in [-0.15, -0.1) is 0 Å². The predicted molar refractivity (Wildman–Crippen MR) is 120 cm³/mol. The Balaban J connectivity index is 2.14. The van der Waals surface area contributed by atoms with Crippen molar-refractivity contribution in [2.24, 2.45) is 7.05 Å². The summed E-state index contributed by atoms with van der Waals surface area (Å²) in [6.45, 7) is 8.33. The van der Waals surface area contributed by atoms with Crippen molar-refractivity contribution in [1.82, 2.24) is 19.1 Å². The number of carbonyl (C=O) groups is 1. The first-order chi connectivity index (χ1) is 14.8. The minimum Gasteiger partial charge on any atom is -0.333 e. The van der Waals surface area contributed by atoms with Gasteiger partial charge in [-0.3, -0.25) is 9.59 Å². The molecule has 1 aromatic carbocycles. The summed E-state index contributed by atoms with van der Waals surface area (Å²) < 4.78 is 17.2. The Hall–Kier alpha value is -2.96. The molecule has 2 heterocycles. The summed E-state index contributed by atoms with van der Waals surface area (Å²) in [7, 11) is 1.92. The monoisotopic (exact) mass is 426 g/mol. The Morgan fingerprint density at radius 1 is 1.19 bits per heavy atom. The molecule has 6 nitrogen and oxygen atoms in total. The normalized spacial score (nSPS) is 11.5. The third kappa shape index (κ3) is 4.40. The lowest BCUT2D eigenvalue weighted by atomic mass is 10.1. The van der Waals surface area contributed by atoms with E-state index in [1.165, 1.54) is 16.6 Å². The lowest BCUT2D eigenvalue weighted by molar-refractivity contribution is 0.0645. The Labute approximate surface area is 182 Å². The number of nitrogens with zero attached hydrogens (tertiary/aromatic N) is 4. The maximum atomic E-state index is 13.8. The fourth-order valence-electron chi connectivity index (χ4n) is 4.17. The van der Waals surface area contributed by atoms with Gasteiger partial charge < -0.3 is 9.47 Å². The number of carbonyl (C=O) groups excluding carboxylic acids is 1. The maximum absolute atomic E-state index is 13.8. The van der Waals surface area contributed by atoms with Gasteiger partial charge in [-0.05, 0) is 44.4 Å². The van der Waals surface area contributed by atoms with E-state index in [-0.39, 0.29) is 24.1 Å². The molecular weight excluding hydrogens is 395 g/mol. The van der Waals surface area contributed by atoms with Crippen LogP contribution in [0.5, 0.6) is 0 Å². The molecule has 0 N–H and O–H groups in total. The summed E-state index contributed by atoms with van der Waals surface area (Å²) in [5.41, 5.74) is 3.46. The minimum atomic E-state index is -0.437. The van der Waals surface area contributed by atoms with Crippen molar-refractivity contribution < 1.29 is 9.18 Å². The molecule has 0 radical (unpaired) electrons. The maximum Gasteiger partial charge on any atom is 0.274 e. The molecule has 166 valence electrons. The van der Waals surface area contributed by atoms with Crippen molar-refractivity contribution in [2.45, 2.75) is 66.0 Å². The first-order valence-corrected chi connectivity index (χ1v) is 11.0. The molecule has 0 saturated heterocycles. The average molecular weight is 427 g/mol. The SMILES string of the molecule is CCCc1c(CN(C(=O)c2cccc(F)c2)C(CC)CC)nn2c(=O)cc(C)n(C)c12. The highest BCUT2D eigenvalue weighted by atomic mass is 19.1. The number of halogens is 1. The van der Waals surface area contributed by atoms with Crippen molar-refractivity contribution in [1.29, 1.82) is 0 Å². The second kappa shape index (κ2) is 9.45. The van der Waals surface area contributed by atoms with Crippen molar-refractivity contribution in [3.63, 3.8) is 0 Å². The molecule has 2 aromatic heterocycles. The molecule has 0 spiro atoms. The van der Waals surface area contributed by atoms with E-state index < -0.39 is 5.82 Å². The van der Waals surface area contributed by atoms with Crippen LogP contribution in [0.4, 0.5) is 4.39 Å². The zero-order chi connectivity index (χ0) is 22.7. The zero-order valence-corrected chi connectivity index (χ0v) is 19.0. The van der Waals surface area contributed by atoms with Crippen molar-refractivity contribution in [3.05, 3.63) is 69.0 Å². The fraction of sp³-hybridized carbons (Fsp3) is 0.458. The smallest absolute Gasteiger partial charge is 0.274 e. The lowest BCUT2D eigenvalue weighted by Gasteiger charge is -2.30. The van der Waals surface area contributed by atoms with Gasteiger partial charge >= 0.3 is 0 Å². The third-order valence-electron chi connectivity index (χ3n) is 5.96. The van der Waals surface area contributed by atoms with Crippen LogP contribution in [0.25, 0.3) is 5.65 Å². The van der Waals surface area contributed by atoms with E-state index in [1.54, 1.807) is 23.1 Å². The van der Waals surface area contributed by atoms with Gasteiger partial charge in [-0.25, -0.2) is 4.39 Å². The van der Waals surface area contributed by atoms with E-state index in [0.29, 0.717) is 5.56 Å². The van der Waals surface area contributed by atoms with Crippen LogP contribution >= 0.6 is 0 Å². The second-order valence-corrected chi connectivity index (χ2v) is 8.01. The van der Waals surface area contributed by atoms with Crippen molar-refractivity contribution in [3.8, 4) is 0 Å². The summed E-state index contributed by atoms with van der Waals surface area (Å²) >= 11 is 0. The molecule has 0 unspecified atom stereocenters. The quantitative estimate of drug-likeness (QED) is 0.541. The molecule has 0 aliphatic heterocycles. The first-order valence-electron chi connectivity index (χ1n) is 11.0. The van der Waals surface area contributed by atoms with Gasteiger partial charge in [-0.2, -0.15) is 9.61 Å². The molecule has 0 bridgehead atoms. The Morgan fingerprint density at radius 2 is 1.90 bits per heavy atom. The van der Waals surface area contributed by atoms with Gasteiger partial charge in [-0.1, -0.05) is 33.3 Å². The molecule has 0 aliphatic carbocycles. The Morgan fingerprint density at radius 3 is 2.52 bits per heavy atom. The molecule has 0 atom stereocenters. The van der Waals surface area contributed by atoms with Crippen molar-refractivity contribution >= 4 is 11.6 Å². The van der Waals surface area contributed by atoms with Gasteiger partial charge in [0.15, 0.2) is 0 Å². The highest BCUT2D eigenvalue weighted by Crippen LogP contribution is 2.23. The van der Waals surface area contributed by atoms with Gasteiger partial charge in [0.05, 0.1) is 12.2 Å². The number of amides is 1. The minimum absolute atomic E-state index is 0.0164. The summed E-state index contributed by atoms with van der Waals surface area (Å²) in [6.07, 6.45) is 3.18. The molecule has 7 heteroatoms. The summed E-state index contributed by atoms with van der Waals surface area (Å²) in [5.74, 6) is -0.663. The van der Waals surface area contributed by atoms with Gasteiger partial charge in [0, 0.05) is 36.0 Å². The third-order valence-corrected chi connectivity index (χ3v) is 5.96. The largest absolute Gasteiger partial charge is 0.333 e. The van der Waals surface area contributed by atoms with Crippen LogP contribution in [0.2, 0.25) is 0 Å². The van der Waals surface area contributed by atoms with Crippen LogP contribution in [0, 0.1) is 12.7 Å². The highest BCUT2D eigenvalue weighted by molar-refractivity contribution is 5.94. The molecular formula is C24H31FN4O2. The topological polar surface area (TPSA) is 59.6 Å². The van der Waals surface area contributed by atoms with Gasteiger partial charge in [0.1, 0.15) is 11.5 Å². The number of benzene rings is 1. The summed E-state index contributed by atoms with van der Waals surface area (Å²) in [4.78, 5) is 27.8. The molecule has 31 heavy (non-hydrogen) atoms.